The fourth-order valence-electron chi connectivity index (χ4n) is 1.55. The van der Waals surface area contributed by atoms with Crippen LogP contribution in [0, 0.1) is 0 Å². The summed E-state index contributed by atoms with van der Waals surface area (Å²) in [5.41, 5.74) is 0.757. The molecule has 1 aromatic heterocycles. The van der Waals surface area contributed by atoms with Crippen molar-refractivity contribution in [2.75, 3.05) is 20.3 Å². The Morgan fingerprint density at radius 3 is 3.06 bits per heavy atom. The number of hydrogen-bond acceptors (Lipinski definition) is 3. The zero-order chi connectivity index (χ0) is 11.4. The second-order valence-electron chi connectivity index (χ2n) is 3.54. The van der Waals surface area contributed by atoms with Crippen molar-refractivity contribution in [2.24, 2.45) is 0 Å². The predicted octanol–water partition coefficient (Wildman–Crippen LogP) is 2.82. The first-order valence-corrected chi connectivity index (χ1v) is 5.55. The maximum Gasteiger partial charge on any atom is 0.152 e. The topological polar surface area (TPSA) is 34.4 Å². The van der Waals surface area contributed by atoms with E-state index in [1.54, 1.807) is 7.11 Å². The smallest absolute Gasteiger partial charge is 0.152 e. The third-order valence-electron chi connectivity index (χ3n) is 2.33. The number of benzene rings is 1. The van der Waals surface area contributed by atoms with E-state index in [0.717, 1.165) is 23.3 Å². The minimum Gasteiger partial charge on any atom is -0.458 e. The molecule has 1 N–H and O–H groups in total. The van der Waals surface area contributed by atoms with Gasteiger partial charge in [-0.2, -0.15) is 0 Å². The van der Waals surface area contributed by atoms with Crippen LogP contribution < -0.4 is 5.32 Å². The van der Waals surface area contributed by atoms with Gasteiger partial charge in [-0.05, 0) is 12.1 Å². The number of fused-ring (bicyclic) bond motifs is 1. The number of furan rings is 1. The van der Waals surface area contributed by atoms with E-state index in [0.29, 0.717) is 18.2 Å². The average Bonchev–Trinajstić information content (AvgIpc) is 2.69. The third-order valence-corrected chi connectivity index (χ3v) is 2.63. The van der Waals surface area contributed by atoms with E-state index < -0.39 is 0 Å². The van der Waals surface area contributed by atoms with E-state index >= 15 is 0 Å². The summed E-state index contributed by atoms with van der Waals surface area (Å²) in [5.74, 6) is 0.888. The molecule has 0 spiro atoms. The highest BCUT2D eigenvalue weighted by atomic mass is 35.5. The highest BCUT2D eigenvalue weighted by molar-refractivity contribution is 6.34. The van der Waals surface area contributed by atoms with Crippen LogP contribution in [0.2, 0.25) is 5.02 Å². The van der Waals surface area contributed by atoms with Gasteiger partial charge in [-0.3, -0.25) is 0 Å². The Balaban J connectivity index is 2.05. The molecule has 0 amide bonds. The molecule has 0 fully saturated rings. The molecule has 0 bridgehead atoms. The molecule has 16 heavy (non-hydrogen) atoms. The van der Waals surface area contributed by atoms with Crippen molar-refractivity contribution in [1.29, 1.82) is 0 Å². The summed E-state index contributed by atoms with van der Waals surface area (Å²) in [6.07, 6.45) is 0. The van der Waals surface area contributed by atoms with Crippen molar-refractivity contribution in [3.63, 3.8) is 0 Å². The molecule has 0 radical (unpaired) electrons. The van der Waals surface area contributed by atoms with Gasteiger partial charge in [0.05, 0.1) is 18.2 Å². The van der Waals surface area contributed by atoms with E-state index in [4.69, 9.17) is 20.8 Å². The lowest BCUT2D eigenvalue weighted by atomic mass is 10.2. The summed E-state index contributed by atoms with van der Waals surface area (Å²) in [4.78, 5) is 0. The molecule has 2 rings (SSSR count). The Morgan fingerprint density at radius 2 is 2.31 bits per heavy atom. The van der Waals surface area contributed by atoms with Crippen molar-refractivity contribution in [3.05, 3.63) is 35.0 Å². The number of ether oxygens (including phenoxy) is 1. The van der Waals surface area contributed by atoms with Gasteiger partial charge in [-0.25, -0.2) is 0 Å². The van der Waals surface area contributed by atoms with Crippen molar-refractivity contribution < 1.29 is 9.15 Å². The number of nitrogens with one attached hydrogen (secondary N) is 1. The molecule has 1 aromatic carbocycles. The van der Waals surface area contributed by atoms with Gasteiger partial charge in [-0.15, -0.1) is 0 Å². The molecule has 4 heteroatoms. The van der Waals surface area contributed by atoms with Crippen LogP contribution >= 0.6 is 11.6 Å². The van der Waals surface area contributed by atoms with Crippen LogP contribution in [0.4, 0.5) is 0 Å². The van der Waals surface area contributed by atoms with Gasteiger partial charge in [0, 0.05) is 19.0 Å². The summed E-state index contributed by atoms with van der Waals surface area (Å²) in [5, 5.41) is 4.91. The summed E-state index contributed by atoms with van der Waals surface area (Å²) < 4.78 is 10.6. The Labute approximate surface area is 99.3 Å². The Hall–Kier alpha value is -1.03. The van der Waals surface area contributed by atoms with Gasteiger partial charge in [0.1, 0.15) is 5.76 Å². The molecule has 86 valence electrons. The number of rotatable bonds is 5. The number of hydrogen-bond donors (Lipinski definition) is 1. The predicted molar refractivity (Wildman–Crippen MR) is 64.8 cm³/mol. The highest BCUT2D eigenvalue weighted by Gasteiger charge is 2.05. The zero-order valence-electron chi connectivity index (χ0n) is 9.13. The lowest BCUT2D eigenvalue weighted by Gasteiger charge is -2.00. The molecule has 0 saturated carbocycles. The molecule has 3 nitrogen and oxygen atoms in total. The fraction of sp³-hybridized carbons (Fsp3) is 0.333. The van der Waals surface area contributed by atoms with Crippen molar-refractivity contribution in [3.8, 4) is 0 Å². The van der Waals surface area contributed by atoms with E-state index in [1.165, 1.54) is 0 Å². The largest absolute Gasteiger partial charge is 0.458 e. The van der Waals surface area contributed by atoms with Gasteiger partial charge >= 0.3 is 0 Å². The molecule has 0 aliphatic rings. The van der Waals surface area contributed by atoms with E-state index in [2.05, 4.69) is 5.32 Å². The Kier molecular flexibility index (Phi) is 3.83. The van der Waals surface area contributed by atoms with Gasteiger partial charge in [0.25, 0.3) is 0 Å². The van der Waals surface area contributed by atoms with Crippen molar-refractivity contribution in [1.82, 2.24) is 5.32 Å². The number of halogens is 1. The number of para-hydroxylation sites is 1. The Morgan fingerprint density at radius 1 is 1.44 bits per heavy atom. The quantitative estimate of drug-likeness (QED) is 0.815. The normalized spacial score (nSPS) is 11.1. The second-order valence-corrected chi connectivity index (χ2v) is 3.95. The summed E-state index contributed by atoms with van der Waals surface area (Å²) in [6, 6.07) is 7.74. The first kappa shape index (κ1) is 11.5. The van der Waals surface area contributed by atoms with Crippen LogP contribution in [-0.2, 0) is 11.3 Å². The molecule has 0 saturated heterocycles. The van der Waals surface area contributed by atoms with E-state index in [9.17, 15) is 0 Å². The summed E-state index contributed by atoms with van der Waals surface area (Å²) in [7, 11) is 1.68. The van der Waals surface area contributed by atoms with E-state index in [1.807, 2.05) is 24.3 Å². The van der Waals surface area contributed by atoms with Crippen molar-refractivity contribution >= 4 is 22.6 Å². The lowest BCUT2D eigenvalue weighted by molar-refractivity contribution is 0.198. The molecule has 0 aliphatic carbocycles. The molecular formula is C12H14ClNO2. The zero-order valence-corrected chi connectivity index (χ0v) is 9.88. The molecule has 1 heterocycles. The summed E-state index contributed by atoms with van der Waals surface area (Å²) in [6.45, 7) is 2.19. The highest BCUT2D eigenvalue weighted by Crippen LogP contribution is 2.26. The van der Waals surface area contributed by atoms with Crippen LogP contribution in [0.25, 0.3) is 11.0 Å². The van der Waals surface area contributed by atoms with Gasteiger partial charge in [0.2, 0.25) is 0 Å². The first-order chi connectivity index (χ1) is 7.81. The average molecular weight is 240 g/mol. The van der Waals surface area contributed by atoms with Crippen LogP contribution in [-0.4, -0.2) is 20.3 Å². The molecular weight excluding hydrogens is 226 g/mol. The molecule has 0 atom stereocenters. The van der Waals surface area contributed by atoms with Crippen LogP contribution in [0.15, 0.2) is 28.7 Å². The summed E-state index contributed by atoms with van der Waals surface area (Å²) >= 11 is 6.02. The minimum atomic E-state index is 0.653. The van der Waals surface area contributed by atoms with Crippen LogP contribution in [0.1, 0.15) is 5.76 Å². The van der Waals surface area contributed by atoms with Gasteiger partial charge in [0.15, 0.2) is 5.58 Å². The maximum atomic E-state index is 6.02. The second kappa shape index (κ2) is 5.34. The monoisotopic (exact) mass is 239 g/mol. The van der Waals surface area contributed by atoms with E-state index in [-0.39, 0.29) is 0 Å². The molecule has 0 aliphatic heterocycles. The van der Waals surface area contributed by atoms with Crippen LogP contribution in [0.3, 0.4) is 0 Å². The first-order valence-electron chi connectivity index (χ1n) is 5.18. The molecule has 0 unspecified atom stereocenters. The fourth-order valence-corrected chi connectivity index (χ4v) is 1.77. The lowest BCUT2D eigenvalue weighted by Crippen LogP contribution is -2.18. The van der Waals surface area contributed by atoms with Crippen molar-refractivity contribution in [2.45, 2.75) is 6.54 Å². The SMILES string of the molecule is COCCNCc1cc2cccc(Cl)c2o1. The molecule has 2 aromatic rings. The van der Waals surface area contributed by atoms with Gasteiger partial charge < -0.3 is 14.5 Å². The Bertz CT molecular complexity index is 467. The minimum absolute atomic E-state index is 0.653. The van der Waals surface area contributed by atoms with Crippen LogP contribution in [0.5, 0.6) is 0 Å². The third kappa shape index (κ3) is 2.55. The maximum absolute atomic E-state index is 6.02. The van der Waals surface area contributed by atoms with Gasteiger partial charge in [-0.1, -0.05) is 23.7 Å². The standard InChI is InChI=1S/C12H14ClNO2/c1-15-6-5-14-8-10-7-9-3-2-4-11(13)12(9)16-10/h2-4,7,14H,5-6,8H2,1H3. The number of methoxy groups -OCH3 is 1.